The Morgan fingerprint density at radius 3 is 2.64 bits per heavy atom. The van der Waals surface area contributed by atoms with Crippen LogP contribution in [0.4, 0.5) is 11.4 Å². The van der Waals surface area contributed by atoms with Crippen LogP contribution in [0.25, 0.3) is 5.69 Å². The minimum atomic E-state index is -0.196. The molecule has 0 saturated carbocycles. The van der Waals surface area contributed by atoms with Gasteiger partial charge in [-0.1, -0.05) is 12.1 Å². The van der Waals surface area contributed by atoms with Crippen molar-refractivity contribution in [3.05, 3.63) is 72.1 Å². The monoisotopic (exact) mass is 377 g/mol. The molecule has 0 radical (unpaired) electrons. The van der Waals surface area contributed by atoms with Crippen molar-refractivity contribution in [3.8, 4) is 5.69 Å². The minimum Gasteiger partial charge on any atom is -0.376 e. The average molecular weight is 377 g/mol. The lowest BCUT2D eigenvalue weighted by Crippen LogP contribution is -2.23. The first-order chi connectivity index (χ1) is 13.4. The van der Waals surface area contributed by atoms with Gasteiger partial charge in [-0.2, -0.15) is 5.10 Å². The highest BCUT2D eigenvalue weighted by Crippen LogP contribution is 2.19. The maximum atomic E-state index is 12.3. The number of carbonyl (C=O) groups is 2. The topological polar surface area (TPSA) is 79.3 Å². The summed E-state index contributed by atoms with van der Waals surface area (Å²) in [5.41, 5.74) is 3.91. The van der Waals surface area contributed by atoms with Crippen molar-refractivity contribution in [1.29, 1.82) is 0 Å². The Morgan fingerprint density at radius 2 is 1.93 bits per heavy atom. The van der Waals surface area contributed by atoms with E-state index < -0.39 is 0 Å². The number of anilines is 2. The predicted molar refractivity (Wildman–Crippen MR) is 110 cm³/mol. The third kappa shape index (κ3) is 4.56. The lowest BCUT2D eigenvalue weighted by molar-refractivity contribution is -0.114. The van der Waals surface area contributed by atoms with E-state index >= 15 is 0 Å². The van der Waals surface area contributed by atoms with Gasteiger partial charge in [-0.25, -0.2) is 4.68 Å². The molecule has 0 saturated heterocycles. The van der Waals surface area contributed by atoms with E-state index in [1.807, 2.05) is 37.4 Å². The Morgan fingerprint density at radius 1 is 1.11 bits per heavy atom. The largest absolute Gasteiger partial charge is 0.376 e. The van der Waals surface area contributed by atoms with Crippen LogP contribution in [-0.2, 0) is 4.79 Å². The van der Waals surface area contributed by atoms with Gasteiger partial charge in [0.2, 0.25) is 5.91 Å². The van der Waals surface area contributed by atoms with E-state index in [1.54, 1.807) is 49.2 Å². The molecule has 0 aliphatic carbocycles. The van der Waals surface area contributed by atoms with E-state index in [-0.39, 0.29) is 18.4 Å². The maximum Gasteiger partial charge on any atom is 0.253 e. The fourth-order valence-electron chi connectivity index (χ4n) is 2.73. The number of aryl methyl sites for hydroxylation is 1. The van der Waals surface area contributed by atoms with Crippen molar-refractivity contribution in [2.75, 3.05) is 31.3 Å². The van der Waals surface area contributed by atoms with Crippen LogP contribution < -0.4 is 10.6 Å². The molecule has 0 unspecified atom stereocenters. The Kier molecular flexibility index (Phi) is 5.74. The third-order valence-electron chi connectivity index (χ3n) is 4.23. The molecular weight excluding hydrogens is 354 g/mol. The van der Waals surface area contributed by atoms with Gasteiger partial charge in [-0.3, -0.25) is 9.59 Å². The molecule has 2 N–H and O–H groups in total. The number of hydrogen-bond donors (Lipinski definition) is 2. The summed E-state index contributed by atoms with van der Waals surface area (Å²) in [7, 11) is 3.38. The maximum absolute atomic E-state index is 12.3. The first kappa shape index (κ1) is 19.2. The van der Waals surface area contributed by atoms with Gasteiger partial charge in [0, 0.05) is 43.4 Å². The molecule has 3 rings (SSSR count). The van der Waals surface area contributed by atoms with E-state index in [0.717, 1.165) is 16.9 Å². The van der Waals surface area contributed by atoms with Gasteiger partial charge in [-0.05, 0) is 48.9 Å². The van der Waals surface area contributed by atoms with Crippen molar-refractivity contribution < 1.29 is 9.59 Å². The van der Waals surface area contributed by atoms with Crippen LogP contribution >= 0.6 is 0 Å². The van der Waals surface area contributed by atoms with E-state index in [9.17, 15) is 9.59 Å². The lowest BCUT2D eigenvalue weighted by Gasteiger charge is -2.13. The zero-order chi connectivity index (χ0) is 20.1. The Bertz CT molecular complexity index is 980. The first-order valence-corrected chi connectivity index (χ1v) is 8.90. The molecule has 1 heterocycles. The molecule has 0 fully saturated rings. The van der Waals surface area contributed by atoms with E-state index in [0.29, 0.717) is 11.3 Å². The molecule has 0 bridgehead atoms. The SMILES string of the molecule is Cc1ccc(-n2cccn2)cc1NCC(=O)Nc1cccc(C(=O)N(C)C)c1. The van der Waals surface area contributed by atoms with Crippen molar-refractivity contribution in [1.82, 2.24) is 14.7 Å². The Hall–Kier alpha value is -3.61. The van der Waals surface area contributed by atoms with Crippen LogP contribution in [-0.4, -0.2) is 47.1 Å². The molecule has 0 aliphatic rings. The summed E-state index contributed by atoms with van der Waals surface area (Å²) in [5.74, 6) is -0.307. The van der Waals surface area contributed by atoms with Gasteiger partial charge in [0.15, 0.2) is 0 Å². The van der Waals surface area contributed by atoms with Crippen molar-refractivity contribution >= 4 is 23.2 Å². The van der Waals surface area contributed by atoms with Gasteiger partial charge < -0.3 is 15.5 Å². The van der Waals surface area contributed by atoms with E-state index in [4.69, 9.17) is 0 Å². The molecule has 2 aromatic carbocycles. The first-order valence-electron chi connectivity index (χ1n) is 8.90. The Balaban J connectivity index is 1.64. The number of nitrogens with zero attached hydrogens (tertiary/aromatic N) is 3. The highest BCUT2D eigenvalue weighted by molar-refractivity contribution is 5.98. The van der Waals surface area contributed by atoms with Gasteiger partial charge in [0.05, 0.1) is 12.2 Å². The number of amides is 2. The van der Waals surface area contributed by atoms with E-state index in [2.05, 4.69) is 15.7 Å². The zero-order valence-corrected chi connectivity index (χ0v) is 16.1. The van der Waals surface area contributed by atoms with Crippen LogP contribution in [0.15, 0.2) is 60.9 Å². The molecule has 7 heteroatoms. The quantitative estimate of drug-likeness (QED) is 0.692. The number of benzene rings is 2. The summed E-state index contributed by atoms with van der Waals surface area (Å²) in [6, 6.07) is 14.7. The van der Waals surface area contributed by atoms with Gasteiger partial charge in [0.1, 0.15) is 0 Å². The minimum absolute atomic E-state index is 0.106. The van der Waals surface area contributed by atoms with Crippen LogP contribution in [0.2, 0.25) is 0 Å². The molecule has 28 heavy (non-hydrogen) atoms. The summed E-state index contributed by atoms with van der Waals surface area (Å²) in [6.07, 6.45) is 3.58. The molecule has 0 atom stereocenters. The van der Waals surface area contributed by atoms with Crippen molar-refractivity contribution in [3.63, 3.8) is 0 Å². The van der Waals surface area contributed by atoms with E-state index in [1.165, 1.54) is 4.90 Å². The number of nitrogens with one attached hydrogen (secondary N) is 2. The van der Waals surface area contributed by atoms with Crippen molar-refractivity contribution in [2.24, 2.45) is 0 Å². The van der Waals surface area contributed by atoms with Crippen LogP contribution in [0, 0.1) is 6.92 Å². The highest BCUT2D eigenvalue weighted by atomic mass is 16.2. The fourth-order valence-corrected chi connectivity index (χ4v) is 2.73. The molecule has 144 valence electrons. The second-order valence-electron chi connectivity index (χ2n) is 6.63. The van der Waals surface area contributed by atoms with Crippen LogP contribution in [0.5, 0.6) is 0 Å². The zero-order valence-electron chi connectivity index (χ0n) is 16.1. The predicted octanol–water partition coefficient (Wildman–Crippen LogP) is 2.93. The summed E-state index contributed by atoms with van der Waals surface area (Å²) < 4.78 is 1.76. The van der Waals surface area contributed by atoms with Gasteiger partial charge in [0.25, 0.3) is 5.91 Å². The van der Waals surface area contributed by atoms with Gasteiger partial charge >= 0.3 is 0 Å². The number of rotatable bonds is 6. The second-order valence-corrected chi connectivity index (χ2v) is 6.63. The number of hydrogen-bond acceptors (Lipinski definition) is 4. The fraction of sp³-hybridized carbons (Fsp3) is 0.190. The molecular formula is C21H23N5O2. The average Bonchev–Trinajstić information content (AvgIpc) is 3.21. The molecule has 3 aromatic rings. The number of aromatic nitrogens is 2. The molecule has 7 nitrogen and oxygen atoms in total. The lowest BCUT2D eigenvalue weighted by atomic mass is 10.1. The normalized spacial score (nSPS) is 10.4. The van der Waals surface area contributed by atoms with Crippen LogP contribution in [0.3, 0.4) is 0 Å². The van der Waals surface area contributed by atoms with Gasteiger partial charge in [-0.15, -0.1) is 0 Å². The second kappa shape index (κ2) is 8.39. The Labute approximate surface area is 164 Å². The highest BCUT2D eigenvalue weighted by Gasteiger charge is 2.10. The molecule has 0 spiro atoms. The summed E-state index contributed by atoms with van der Waals surface area (Å²) >= 11 is 0. The smallest absolute Gasteiger partial charge is 0.253 e. The molecule has 1 aromatic heterocycles. The summed E-state index contributed by atoms with van der Waals surface area (Å²) in [4.78, 5) is 25.9. The number of carbonyl (C=O) groups excluding carboxylic acids is 2. The molecule has 0 aliphatic heterocycles. The third-order valence-corrected chi connectivity index (χ3v) is 4.23. The summed E-state index contributed by atoms with van der Waals surface area (Å²) in [5, 5.41) is 10.2. The molecule has 2 amide bonds. The van der Waals surface area contributed by atoms with Crippen LogP contribution in [0.1, 0.15) is 15.9 Å². The summed E-state index contributed by atoms with van der Waals surface area (Å²) in [6.45, 7) is 2.08. The van der Waals surface area contributed by atoms with Crippen molar-refractivity contribution in [2.45, 2.75) is 6.92 Å². The standard InChI is InChI=1S/C21H23N5O2/c1-15-8-9-18(26-11-5-10-23-26)13-19(15)22-14-20(27)24-17-7-4-6-16(12-17)21(28)25(2)3/h4-13,22H,14H2,1-3H3,(H,24,27).